The molecule has 2 amide bonds. The maximum Gasteiger partial charge on any atom is 0.236 e. The summed E-state index contributed by atoms with van der Waals surface area (Å²) in [7, 11) is 1.58. The first-order chi connectivity index (χ1) is 8.97. The first kappa shape index (κ1) is 17.9. The third-order valence-corrected chi connectivity index (χ3v) is 2.61. The van der Waals surface area contributed by atoms with Crippen molar-refractivity contribution in [1.82, 2.24) is 16.0 Å². The van der Waals surface area contributed by atoms with Gasteiger partial charge < -0.3 is 15.4 Å². The van der Waals surface area contributed by atoms with Gasteiger partial charge in [-0.2, -0.15) is 0 Å². The average molecular weight is 273 g/mol. The lowest BCUT2D eigenvalue weighted by Gasteiger charge is -2.14. The zero-order chi connectivity index (χ0) is 14.7. The van der Waals surface area contributed by atoms with Crippen molar-refractivity contribution >= 4 is 11.8 Å². The van der Waals surface area contributed by atoms with Gasteiger partial charge in [-0.25, -0.2) is 0 Å². The molecule has 0 aromatic rings. The van der Waals surface area contributed by atoms with Gasteiger partial charge in [-0.3, -0.25) is 14.9 Å². The second-order valence-corrected chi connectivity index (χ2v) is 4.92. The summed E-state index contributed by atoms with van der Waals surface area (Å²) in [5.74, 6) is 0.350. The van der Waals surface area contributed by atoms with Gasteiger partial charge in [-0.15, -0.1) is 0 Å². The number of methoxy groups -OCH3 is 1. The van der Waals surface area contributed by atoms with Crippen LogP contribution >= 0.6 is 0 Å². The van der Waals surface area contributed by atoms with Gasteiger partial charge in [-0.05, 0) is 19.3 Å². The Morgan fingerprint density at radius 1 is 1.11 bits per heavy atom. The van der Waals surface area contributed by atoms with E-state index in [9.17, 15) is 9.59 Å². The Balaban J connectivity index is 3.67. The number of carbonyl (C=O) groups is 2. The number of rotatable bonds is 10. The van der Waals surface area contributed by atoms with Gasteiger partial charge in [0.2, 0.25) is 11.8 Å². The molecule has 1 atom stereocenters. The predicted octanol–water partition coefficient (Wildman–Crippen LogP) is -0.111. The number of amides is 2. The molecule has 0 aliphatic rings. The van der Waals surface area contributed by atoms with Crippen LogP contribution in [-0.4, -0.2) is 51.2 Å². The van der Waals surface area contributed by atoms with Crippen LogP contribution in [0.25, 0.3) is 0 Å². The summed E-state index contributed by atoms with van der Waals surface area (Å²) in [5, 5.41) is 8.40. The lowest BCUT2D eigenvalue weighted by atomic mass is 10.1. The van der Waals surface area contributed by atoms with E-state index in [1.807, 2.05) is 0 Å². The SMILES string of the molecule is COCCNC(=O)C(C)NCC(=O)NCCC(C)C. The minimum Gasteiger partial charge on any atom is -0.383 e. The van der Waals surface area contributed by atoms with Crippen LogP contribution in [0.2, 0.25) is 0 Å². The molecule has 0 aliphatic carbocycles. The summed E-state index contributed by atoms with van der Waals surface area (Å²) in [6.07, 6.45) is 0.957. The zero-order valence-corrected chi connectivity index (χ0v) is 12.4. The molecule has 0 aromatic heterocycles. The van der Waals surface area contributed by atoms with Gasteiger partial charge >= 0.3 is 0 Å². The van der Waals surface area contributed by atoms with Crippen LogP contribution in [-0.2, 0) is 14.3 Å². The highest BCUT2D eigenvalue weighted by molar-refractivity contribution is 5.83. The molecule has 6 nitrogen and oxygen atoms in total. The van der Waals surface area contributed by atoms with Crippen molar-refractivity contribution in [2.24, 2.45) is 5.92 Å². The van der Waals surface area contributed by atoms with E-state index in [2.05, 4.69) is 29.8 Å². The molecular formula is C13H27N3O3. The predicted molar refractivity (Wildman–Crippen MR) is 74.8 cm³/mol. The fraction of sp³-hybridized carbons (Fsp3) is 0.846. The normalized spacial score (nSPS) is 12.3. The Morgan fingerprint density at radius 3 is 2.37 bits per heavy atom. The number of ether oxygens (including phenoxy) is 1. The van der Waals surface area contributed by atoms with Gasteiger partial charge in [0.1, 0.15) is 0 Å². The van der Waals surface area contributed by atoms with Gasteiger partial charge in [-0.1, -0.05) is 13.8 Å². The van der Waals surface area contributed by atoms with E-state index < -0.39 is 6.04 Å². The number of hydrogen-bond donors (Lipinski definition) is 3. The van der Waals surface area contributed by atoms with Crippen LogP contribution in [0.15, 0.2) is 0 Å². The van der Waals surface area contributed by atoms with Crippen LogP contribution in [0.1, 0.15) is 27.2 Å². The summed E-state index contributed by atoms with van der Waals surface area (Å²) in [6, 6.07) is -0.396. The quantitative estimate of drug-likeness (QED) is 0.485. The Labute approximate surface area is 115 Å². The zero-order valence-electron chi connectivity index (χ0n) is 12.4. The minimum atomic E-state index is -0.396. The minimum absolute atomic E-state index is 0.0859. The molecule has 0 rings (SSSR count). The number of carbonyl (C=O) groups excluding carboxylic acids is 2. The van der Waals surface area contributed by atoms with Gasteiger partial charge in [0.15, 0.2) is 0 Å². The average Bonchev–Trinajstić information content (AvgIpc) is 2.35. The first-order valence-electron chi connectivity index (χ1n) is 6.74. The van der Waals surface area contributed by atoms with Crippen molar-refractivity contribution < 1.29 is 14.3 Å². The third-order valence-electron chi connectivity index (χ3n) is 2.61. The fourth-order valence-corrected chi connectivity index (χ4v) is 1.33. The maximum absolute atomic E-state index is 11.6. The summed E-state index contributed by atoms with van der Waals surface area (Å²) in [4.78, 5) is 23.1. The van der Waals surface area contributed by atoms with E-state index in [0.29, 0.717) is 25.6 Å². The second-order valence-electron chi connectivity index (χ2n) is 4.92. The van der Waals surface area contributed by atoms with Crippen LogP contribution in [0.3, 0.4) is 0 Å². The standard InChI is InChI=1S/C13H27N3O3/c1-10(2)5-6-14-12(17)9-16-11(3)13(18)15-7-8-19-4/h10-11,16H,5-9H2,1-4H3,(H,14,17)(H,15,18). The van der Waals surface area contributed by atoms with Crippen LogP contribution in [0, 0.1) is 5.92 Å². The Bertz CT molecular complexity index is 270. The van der Waals surface area contributed by atoms with Crippen molar-refractivity contribution in [2.45, 2.75) is 33.2 Å². The lowest BCUT2D eigenvalue weighted by molar-refractivity contribution is -0.123. The van der Waals surface area contributed by atoms with Crippen molar-refractivity contribution in [1.29, 1.82) is 0 Å². The first-order valence-corrected chi connectivity index (χ1v) is 6.74. The van der Waals surface area contributed by atoms with E-state index >= 15 is 0 Å². The molecule has 112 valence electrons. The van der Waals surface area contributed by atoms with E-state index in [1.54, 1.807) is 14.0 Å². The molecule has 0 aliphatic heterocycles. The largest absolute Gasteiger partial charge is 0.383 e. The molecule has 0 aromatic carbocycles. The van der Waals surface area contributed by atoms with E-state index in [4.69, 9.17) is 4.74 Å². The monoisotopic (exact) mass is 273 g/mol. The molecule has 0 heterocycles. The van der Waals surface area contributed by atoms with Crippen LogP contribution < -0.4 is 16.0 Å². The highest BCUT2D eigenvalue weighted by Gasteiger charge is 2.12. The number of hydrogen-bond acceptors (Lipinski definition) is 4. The van der Waals surface area contributed by atoms with E-state index in [1.165, 1.54) is 0 Å². The molecule has 1 unspecified atom stereocenters. The molecule has 0 saturated heterocycles. The molecule has 0 radical (unpaired) electrons. The summed E-state index contributed by atoms with van der Waals surface area (Å²) >= 11 is 0. The van der Waals surface area contributed by atoms with Gasteiger partial charge in [0.05, 0.1) is 19.2 Å². The van der Waals surface area contributed by atoms with Crippen molar-refractivity contribution in [3.05, 3.63) is 0 Å². The van der Waals surface area contributed by atoms with Crippen molar-refractivity contribution in [2.75, 3.05) is 33.4 Å². The molecule has 0 spiro atoms. The second kappa shape index (κ2) is 10.8. The van der Waals surface area contributed by atoms with E-state index in [-0.39, 0.29) is 18.4 Å². The van der Waals surface area contributed by atoms with Crippen molar-refractivity contribution in [3.63, 3.8) is 0 Å². The smallest absolute Gasteiger partial charge is 0.236 e. The molecular weight excluding hydrogens is 246 g/mol. The Morgan fingerprint density at radius 2 is 1.79 bits per heavy atom. The van der Waals surface area contributed by atoms with Gasteiger partial charge in [0.25, 0.3) is 0 Å². The lowest BCUT2D eigenvalue weighted by Crippen LogP contribution is -2.46. The molecule has 3 N–H and O–H groups in total. The van der Waals surface area contributed by atoms with Crippen molar-refractivity contribution in [3.8, 4) is 0 Å². The molecule has 19 heavy (non-hydrogen) atoms. The molecule has 6 heteroatoms. The van der Waals surface area contributed by atoms with Gasteiger partial charge in [0, 0.05) is 20.2 Å². The Kier molecular flexibility index (Phi) is 10.1. The fourth-order valence-electron chi connectivity index (χ4n) is 1.33. The number of nitrogens with one attached hydrogen (secondary N) is 3. The molecule has 0 saturated carbocycles. The topological polar surface area (TPSA) is 79.5 Å². The Hall–Kier alpha value is -1.14. The summed E-state index contributed by atoms with van der Waals surface area (Å²) in [5.41, 5.74) is 0. The van der Waals surface area contributed by atoms with Crippen LogP contribution in [0.4, 0.5) is 0 Å². The molecule has 0 fully saturated rings. The third kappa shape index (κ3) is 10.5. The highest BCUT2D eigenvalue weighted by Crippen LogP contribution is 1.95. The molecule has 0 bridgehead atoms. The highest BCUT2D eigenvalue weighted by atomic mass is 16.5. The van der Waals surface area contributed by atoms with Crippen LogP contribution in [0.5, 0.6) is 0 Å². The summed E-state index contributed by atoms with van der Waals surface area (Å²) in [6.45, 7) is 7.72. The maximum atomic E-state index is 11.6. The summed E-state index contributed by atoms with van der Waals surface area (Å²) < 4.78 is 4.83. The van der Waals surface area contributed by atoms with E-state index in [0.717, 1.165) is 6.42 Å².